The Balaban J connectivity index is 0.00000578. The number of fused-ring (bicyclic) bond motifs is 4. The average Bonchev–Trinajstić information content (AvgIpc) is 3.76. The van der Waals surface area contributed by atoms with Crippen molar-refractivity contribution < 1.29 is 35.9 Å². The summed E-state index contributed by atoms with van der Waals surface area (Å²) in [6, 6.07) is 36.8. The van der Waals surface area contributed by atoms with E-state index in [9.17, 15) is 0 Å². The van der Waals surface area contributed by atoms with Crippen LogP contribution < -0.4 is 9.30 Å². The van der Waals surface area contributed by atoms with E-state index in [0.717, 1.165) is 44.2 Å². The molecule has 0 aliphatic rings. The monoisotopic (exact) mass is 950 g/mol. The number of ether oxygens (including phenoxy) is 1. The summed E-state index contributed by atoms with van der Waals surface area (Å²) in [5.41, 5.74) is 6.96. The third-order valence-electron chi connectivity index (χ3n) is 10.1. The molecule has 4 heterocycles. The summed E-state index contributed by atoms with van der Waals surface area (Å²) in [7, 11) is 0. The van der Waals surface area contributed by atoms with Crippen LogP contribution in [0.4, 0.5) is 0 Å². The first-order valence-electron chi connectivity index (χ1n) is 21.8. The largest absolute Gasteiger partial charge is 0.522 e. The molecule has 8 rings (SSSR count). The SMILES string of the molecule is [2H]C([2H])(c1cc(-[n+]2[c-]n(-c3[c-]c(Oc4[c-]c5c(cc4)c4ccccc4n5-c4cc(C(C)(C)C)ccn4)ccn3)c3ccc(C(C)(C)C)cc32)cc(C([2H])([2H])C(C)C)c1)C(C)C.[Pt]. The van der Waals surface area contributed by atoms with Gasteiger partial charge >= 0.3 is 0 Å². The van der Waals surface area contributed by atoms with Gasteiger partial charge in [0.05, 0.1) is 22.5 Å². The molecular weight excluding hydrogens is 894 g/mol. The first kappa shape index (κ1) is 36.1. The number of hydrogen-bond acceptors (Lipinski definition) is 3. The third-order valence-corrected chi connectivity index (χ3v) is 10.1. The van der Waals surface area contributed by atoms with Gasteiger partial charge in [-0.2, -0.15) is 18.2 Å². The van der Waals surface area contributed by atoms with Crippen molar-refractivity contribution in [2.45, 2.75) is 92.8 Å². The molecule has 0 saturated heterocycles. The number of imidazole rings is 1. The summed E-state index contributed by atoms with van der Waals surface area (Å²) in [5, 5.41) is 2.13. The Bertz CT molecular complexity index is 2920. The van der Waals surface area contributed by atoms with E-state index in [2.05, 4.69) is 107 Å². The number of para-hydroxylation sites is 1. The second kappa shape index (κ2) is 15.9. The Morgan fingerprint density at radius 2 is 1.34 bits per heavy atom. The zero-order chi connectivity index (χ0) is 43.8. The maximum absolute atomic E-state index is 9.07. The van der Waals surface area contributed by atoms with Gasteiger partial charge in [-0.15, -0.1) is 17.5 Å². The van der Waals surface area contributed by atoms with Gasteiger partial charge in [-0.25, -0.2) is 4.98 Å². The van der Waals surface area contributed by atoms with Crippen LogP contribution in [0, 0.1) is 30.3 Å². The first-order valence-corrected chi connectivity index (χ1v) is 19.8. The molecule has 0 N–H and O–H groups in total. The van der Waals surface area contributed by atoms with Gasteiger partial charge in [0.1, 0.15) is 5.82 Å². The average molecular weight is 951 g/mol. The molecule has 0 aliphatic carbocycles. The zero-order valence-corrected chi connectivity index (χ0v) is 37.2. The van der Waals surface area contributed by atoms with Gasteiger partial charge in [0, 0.05) is 44.0 Å². The molecule has 300 valence electrons. The molecule has 6 nitrogen and oxygen atoms in total. The minimum Gasteiger partial charge on any atom is -0.522 e. The topological polar surface area (TPSA) is 48.8 Å². The number of nitrogens with zero attached hydrogens (tertiary/aromatic N) is 5. The third kappa shape index (κ3) is 8.27. The van der Waals surface area contributed by atoms with Crippen molar-refractivity contribution in [2.24, 2.45) is 11.8 Å². The molecule has 7 heteroatoms. The summed E-state index contributed by atoms with van der Waals surface area (Å²) >= 11 is 0. The number of rotatable bonds is 9. The predicted octanol–water partition coefficient (Wildman–Crippen LogP) is 12.0. The number of benzene rings is 4. The standard InChI is InChI=1S/C51H53N5O.Pt/c1-33(2)23-35-25-36(24-34(3)4)27-39(26-35)54-32-55(45-18-15-37(28-47(45)54)50(5,6)7)48-31-41(20-22-52-48)57-40-16-17-43-42-13-11-12-14-44(42)56(46(43)30-40)49-29-38(19-21-53-49)51(8,9)10;/h11-22,25-29,33-34H,23-24H2,1-10H3;/q-2;/i23D2,24D2;. The van der Waals surface area contributed by atoms with Gasteiger partial charge in [-0.1, -0.05) is 128 Å². The summed E-state index contributed by atoms with van der Waals surface area (Å²) < 4.78 is 48.6. The smallest absolute Gasteiger partial charge is 0.269 e. The van der Waals surface area contributed by atoms with Gasteiger partial charge in [0.25, 0.3) is 6.33 Å². The molecule has 0 fully saturated rings. The molecule has 4 aromatic heterocycles. The maximum atomic E-state index is 9.07. The molecule has 0 atom stereocenters. The second-order valence-electron chi connectivity index (χ2n) is 17.5. The summed E-state index contributed by atoms with van der Waals surface area (Å²) in [5.74, 6) is 1.50. The molecule has 4 aromatic carbocycles. The Labute approximate surface area is 363 Å². The number of hydrogen-bond donors (Lipinski definition) is 0. The van der Waals surface area contributed by atoms with Gasteiger partial charge in [-0.05, 0) is 94.1 Å². The summed E-state index contributed by atoms with van der Waals surface area (Å²) in [4.78, 5) is 9.55. The van der Waals surface area contributed by atoms with Gasteiger partial charge in [0.2, 0.25) is 0 Å². The Kier molecular flexibility index (Phi) is 9.91. The Morgan fingerprint density at radius 3 is 2.03 bits per heavy atom. The van der Waals surface area contributed by atoms with E-state index < -0.39 is 12.7 Å². The molecule has 58 heavy (non-hydrogen) atoms. The number of aromatic nitrogens is 5. The van der Waals surface area contributed by atoms with E-state index in [1.54, 1.807) is 18.3 Å². The summed E-state index contributed by atoms with van der Waals surface area (Å²) in [6.07, 6.45) is 3.63. The van der Waals surface area contributed by atoms with Crippen LogP contribution in [-0.2, 0) is 44.6 Å². The Morgan fingerprint density at radius 1 is 0.690 bits per heavy atom. The Hall–Kier alpha value is -5.06. The van der Waals surface area contributed by atoms with E-state index >= 15 is 0 Å². The normalized spacial score (nSPS) is 13.8. The van der Waals surface area contributed by atoms with E-state index in [1.165, 1.54) is 5.56 Å². The van der Waals surface area contributed by atoms with Crippen LogP contribution in [0.15, 0.2) is 103 Å². The first-order chi connectivity index (χ1) is 28.6. The fraction of sp³-hybridized carbons (Fsp3) is 0.314. The van der Waals surface area contributed by atoms with Crippen molar-refractivity contribution in [3.8, 4) is 28.8 Å². The number of pyridine rings is 2. The molecule has 0 spiro atoms. The van der Waals surface area contributed by atoms with Gasteiger partial charge in [-0.3, -0.25) is 14.1 Å². The fourth-order valence-electron chi connectivity index (χ4n) is 7.33. The minimum atomic E-state index is -1.71. The van der Waals surface area contributed by atoms with Crippen LogP contribution in [0.5, 0.6) is 11.5 Å². The van der Waals surface area contributed by atoms with Crippen LogP contribution in [0.3, 0.4) is 0 Å². The molecule has 8 aromatic rings. The fourth-order valence-corrected chi connectivity index (χ4v) is 7.33. The molecule has 0 radical (unpaired) electrons. The van der Waals surface area contributed by atoms with E-state index in [0.29, 0.717) is 34.1 Å². The van der Waals surface area contributed by atoms with Crippen molar-refractivity contribution in [3.05, 3.63) is 144 Å². The summed E-state index contributed by atoms with van der Waals surface area (Å²) in [6.45, 7) is 20.5. The van der Waals surface area contributed by atoms with E-state index in [4.69, 9.17) is 20.2 Å². The van der Waals surface area contributed by atoms with Crippen LogP contribution >= 0.6 is 0 Å². The van der Waals surface area contributed by atoms with Crippen molar-refractivity contribution >= 4 is 32.8 Å². The molecule has 0 bridgehead atoms. The van der Waals surface area contributed by atoms with Crippen molar-refractivity contribution in [1.29, 1.82) is 0 Å². The molecule has 0 saturated carbocycles. The second-order valence-corrected chi connectivity index (χ2v) is 17.5. The van der Waals surface area contributed by atoms with Gasteiger partial charge in [0.15, 0.2) is 0 Å². The van der Waals surface area contributed by atoms with Crippen LogP contribution in [0.1, 0.15) is 97.0 Å². The van der Waals surface area contributed by atoms with Crippen molar-refractivity contribution in [1.82, 2.24) is 19.1 Å². The van der Waals surface area contributed by atoms with Gasteiger partial charge < -0.3 is 9.30 Å². The molecular formula is C51H53N5OPt-2. The minimum absolute atomic E-state index is 0. The van der Waals surface area contributed by atoms with E-state index in [1.807, 2.05) is 79.4 Å². The molecule has 0 aliphatic heterocycles. The van der Waals surface area contributed by atoms with Crippen molar-refractivity contribution in [3.63, 3.8) is 0 Å². The van der Waals surface area contributed by atoms with Crippen LogP contribution in [-0.4, -0.2) is 19.1 Å². The van der Waals surface area contributed by atoms with E-state index in [-0.39, 0.29) is 43.7 Å². The van der Waals surface area contributed by atoms with Crippen molar-refractivity contribution in [2.75, 3.05) is 0 Å². The van der Waals surface area contributed by atoms with Crippen LogP contribution in [0.2, 0.25) is 0 Å². The predicted molar refractivity (Wildman–Crippen MR) is 232 cm³/mol. The van der Waals surface area contributed by atoms with Crippen LogP contribution in [0.25, 0.3) is 50.2 Å². The molecule has 0 amide bonds. The maximum Gasteiger partial charge on any atom is 0.269 e. The quantitative estimate of drug-likeness (QED) is 0.107. The zero-order valence-electron chi connectivity index (χ0n) is 38.9. The molecule has 0 unspecified atom stereocenters.